The quantitative estimate of drug-likeness (QED) is 0.688. The van der Waals surface area contributed by atoms with Gasteiger partial charge in [-0.15, -0.1) is 6.42 Å². The molecule has 0 saturated carbocycles. The van der Waals surface area contributed by atoms with Crippen LogP contribution in [0.5, 0.6) is 5.75 Å². The van der Waals surface area contributed by atoms with Gasteiger partial charge in [0.05, 0.1) is 6.54 Å². The number of hydrogen-bond donors (Lipinski definition) is 0. The Hall–Kier alpha value is -2.48. The summed E-state index contributed by atoms with van der Waals surface area (Å²) in [5, 5.41) is 4.58. The molecule has 84 valence electrons. The second-order valence-corrected chi connectivity index (χ2v) is 3.61. The van der Waals surface area contributed by atoms with Crippen molar-refractivity contribution in [1.82, 2.24) is 5.16 Å². The summed E-state index contributed by atoms with van der Waals surface area (Å²) in [5.74, 6) is 3.22. The number of anilines is 1. The molecule has 5 nitrogen and oxygen atoms in total. The lowest BCUT2D eigenvalue weighted by Gasteiger charge is -2.13. The van der Waals surface area contributed by atoms with Crippen molar-refractivity contribution in [3.63, 3.8) is 0 Å². The van der Waals surface area contributed by atoms with E-state index in [4.69, 9.17) is 15.7 Å². The van der Waals surface area contributed by atoms with E-state index in [1.165, 1.54) is 4.90 Å². The van der Waals surface area contributed by atoms with Crippen molar-refractivity contribution in [3.05, 3.63) is 18.2 Å². The van der Waals surface area contributed by atoms with Gasteiger partial charge < -0.3 is 9.26 Å². The highest BCUT2D eigenvalue weighted by Gasteiger charge is 2.27. The number of carbonyl (C=O) groups is 1. The van der Waals surface area contributed by atoms with Crippen LogP contribution in [0.3, 0.4) is 0 Å². The Morgan fingerprint density at radius 1 is 1.53 bits per heavy atom. The van der Waals surface area contributed by atoms with E-state index >= 15 is 0 Å². The van der Waals surface area contributed by atoms with E-state index in [0.29, 0.717) is 22.5 Å². The van der Waals surface area contributed by atoms with Crippen molar-refractivity contribution in [1.29, 1.82) is 0 Å². The third kappa shape index (κ3) is 1.35. The van der Waals surface area contributed by atoms with Crippen LogP contribution in [-0.2, 0) is 4.79 Å². The second kappa shape index (κ2) is 3.52. The van der Waals surface area contributed by atoms with Gasteiger partial charge in [0.1, 0.15) is 11.1 Å². The molecule has 0 atom stereocenters. The molecule has 0 radical (unpaired) electrons. The van der Waals surface area contributed by atoms with E-state index in [9.17, 15) is 4.79 Å². The van der Waals surface area contributed by atoms with Crippen LogP contribution in [0.25, 0.3) is 11.0 Å². The van der Waals surface area contributed by atoms with Crippen LogP contribution in [-0.4, -0.2) is 24.2 Å². The third-order valence-corrected chi connectivity index (χ3v) is 2.60. The molecule has 1 aromatic carbocycles. The maximum atomic E-state index is 11.8. The molecule has 0 aliphatic carbocycles. The fourth-order valence-corrected chi connectivity index (χ4v) is 1.84. The van der Waals surface area contributed by atoms with E-state index in [1.54, 1.807) is 18.2 Å². The van der Waals surface area contributed by atoms with E-state index in [-0.39, 0.29) is 19.1 Å². The van der Waals surface area contributed by atoms with Gasteiger partial charge >= 0.3 is 0 Å². The predicted octanol–water partition coefficient (Wildman–Crippen LogP) is 1.19. The van der Waals surface area contributed by atoms with E-state index in [1.807, 2.05) is 0 Å². The minimum atomic E-state index is -0.227. The molecule has 0 unspecified atom stereocenters. The molecular weight excluding hydrogens is 220 g/mol. The van der Waals surface area contributed by atoms with Gasteiger partial charge in [0.2, 0.25) is 0 Å². The number of hydrogen-bond acceptors (Lipinski definition) is 4. The zero-order valence-corrected chi connectivity index (χ0v) is 8.84. The Morgan fingerprint density at radius 2 is 2.41 bits per heavy atom. The smallest absolute Gasteiger partial charge is 0.267 e. The molecule has 0 N–H and O–H groups in total. The summed E-state index contributed by atoms with van der Waals surface area (Å²) in [5.41, 5.74) is 0.578. The lowest BCUT2D eigenvalue weighted by Crippen LogP contribution is -2.34. The molecule has 0 spiro atoms. The molecule has 5 heteroatoms. The summed E-state index contributed by atoms with van der Waals surface area (Å²) in [4.78, 5) is 13.2. The maximum Gasteiger partial charge on any atom is 0.267 e. The molecule has 1 aromatic heterocycles. The predicted molar refractivity (Wildman–Crippen MR) is 60.7 cm³/mol. The highest BCUT2D eigenvalue weighted by atomic mass is 16.5. The van der Waals surface area contributed by atoms with Gasteiger partial charge in [-0.3, -0.25) is 9.69 Å². The first-order chi connectivity index (χ1) is 8.31. The molecule has 2 heterocycles. The molecule has 1 amide bonds. The Kier molecular flexibility index (Phi) is 2.02. The van der Waals surface area contributed by atoms with E-state index < -0.39 is 0 Å². The van der Waals surface area contributed by atoms with Gasteiger partial charge in [0.15, 0.2) is 18.0 Å². The fraction of sp³-hybridized carbons (Fsp3) is 0.167. The Labute approximate surface area is 96.9 Å². The summed E-state index contributed by atoms with van der Waals surface area (Å²) in [7, 11) is 0. The first-order valence-electron chi connectivity index (χ1n) is 5.06. The standard InChI is InChI=1S/C12H8N2O3/c1-2-6-14-10(15)7-16-8-4-3-5-9-11(8)12(14)13-17-9/h1,3-5H,6-7H2. The number of benzene rings is 1. The highest BCUT2D eigenvalue weighted by Crippen LogP contribution is 2.35. The van der Waals surface area contributed by atoms with Gasteiger partial charge in [0, 0.05) is 0 Å². The van der Waals surface area contributed by atoms with Crippen LogP contribution in [0, 0.1) is 12.3 Å². The van der Waals surface area contributed by atoms with E-state index in [2.05, 4.69) is 11.1 Å². The van der Waals surface area contributed by atoms with Crippen LogP contribution in [0.15, 0.2) is 22.7 Å². The van der Waals surface area contributed by atoms with Crippen LogP contribution < -0.4 is 9.64 Å². The third-order valence-electron chi connectivity index (χ3n) is 2.60. The zero-order valence-electron chi connectivity index (χ0n) is 8.84. The van der Waals surface area contributed by atoms with Gasteiger partial charge in [-0.25, -0.2) is 0 Å². The minimum Gasteiger partial charge on any atom is -0.483 e. The summed E-state index contributed by atoms with van der Waals surface area (Å²) < 4.78 is 10.6. The number of rotatable bonds is 1. The normalized spacial score (nSPS) is 14.3. The molecule has 1 aliphatic rings. The molecular formula is C12H8N2O3. The molecule has 1 aliphatic heterocycles. The molecule has 0 fully saturated rings. The SMILES string of the molecule is C#CCN1C(=O)COc2cccc3onc1c23. The summed E-state index contributed by atoms with van der Waals surface area (Å²) in [6.45, 7) is 0.106. The number of terminal acetylenes is 1. The number of aromatic nitrogens is 1. The van der Waals surface area contributed by atoms with E-state index in [0.717, 1.165) is 0 Å². The van der Waals surface area contributed by atoms with Gasteiger partial charge in [0.25, 0.3) is 5.91 Å². The van der Waals surface area contributed by atoms with Crippen molar-refractivity contribution in [2.75, 3.05) is 18.1 Å². The first kappa shape index (κ1) is 9.73. The number of nitrogens with zero attached hydrogens (tertiary/aromatic N) is 2. The fourth-order valence-electron chi connectivity index (χ4n) is 1.84. The lowest BCUT2D eigenvalue weighted by atomic mass is 10.2. The largest absolute Gasteiger partial charge is 0.483 e. The molecule has 2 aromatic rings. The highest BCUT2D eigenvalue weighted by molar-refractivity contribution is 6.05. The number of amides is 1. The minimum absolute atomic E-state index is 0.0445. The van der Waals surface area contributed by atoms with Crippen molar-refractivity contribution >= 4 is 22.7 Å². The summed E-state index contributed by atoms with van der Waals surface area (Å²) >= 11 is 0. The average molecular weight is 228 g/mol. The Balaban J connectivity index is 2.27. The van der Waals surface area contributed by atoms with Gasteiger partial charge in [-0.1, -0.05) is 17.1 Å². The number of ether oxygens (including phenoxy) is 1. The maximum absolute atomic E-state index is 11.8. The van der Waals surface area contributed by atoms with Crippen molar-refractivity contribution in [2.24, 2.45) is 0 Å². The molecule has 3 rings (SSSR count). The van der Waals surface area contributed by atoms with Gasteiger partial charge in [-0.2, -0.15) is 0 Å². The lowest BCUT2D eigenvalue weighted by molar-refractivity contribution is -0.120. The van der Waals surface area contributed by atoms with Crippen molar-refractivity contribution < 1.29 is 14.1 Å². The topological polar surface area (TPSA) is 55.6 Å². The monoisotopic (exact) mass is 228 g/mol. The van der Waals surface area contributed by atoms with Crippen molar-refractivity contribution in [3.8, 4) is 18.1 Å². The molecule has 17 heavy (non-hydrogen) atoms. The van der Waals surface area contributed by atoms with Crippen LogP contribution in [0.1, 0.15) is 0 Å². The Morgan fingerprint density at radius 3 is 3.24 bits per heavy atom. The van der Waals surface area contributed by atoms with Crippen LogP contribution in [0.2, 0.25) is 0 Å². The zero-order chi connectivity index (χ0) is 11.8. The molecule has 0 bridgehead atoms. The summed E-state index contributed by atoms with van der Waals surface area (Å²) in [6.07, 6.45) is 5.25. The average Bonchev–Trinajstić information content (AvgIpc) is 2.71. The first-order valence-corrected chi connectivity index (χ1v) is 5.06. The van der Waals surface area contributed by atoms with Crippen molar-refractivity contribution in [2.45, 2.75) is 0 Å². The number of carbonyl (C=O) groups excluding carboxylic acids is 1. The molecule has 0 saturated heterocycles. The summed E-state index contributed by atoms with van der Waals surface area (Å²) in [6, 6.07) is 5.33. The second-order valence-electron chi connectivity index (χ2n) is 3.61. The van der Waals surface area contributed by atoms with Gasteiger partial charge in [-0.05, 0) is 12.1 Å². The Bertz CT molecular complexity index is 639. The van der Waals surface area contributed by atoms with Crippen LogP contribution in [0.4, 0.5) is 5.82 Å². The van der Waals surface area contributed by atoms with Crippen LogP contribution >= 0.6 is 0 Å².